The lowest BCUT2D eigenvalue weighted by atomic mass is 9.82. The number of hydrogen-bond donors (Lipinski definition) is 2. The summed E-state index contributed by atoms with van der Waals surface area (Å²) in [6, 6.07) is 9.48. The van der Waals surface area contributed by atoms with Crippen LogP contribution in [0.15, 0.2) is 34.9 Å². The largest absolute Gasteiger partial charge is 0.495 e. The van der Waals surface area contributed by atoms with E-state index < -0.39 is 17.4 Å². The third-order valence-electron chi connectivity index (χ3n) is 5.53. The fourth-order valence-electron chi connectivity index (χ4n) is 4.18. The van der Waals surface area contributed by atoms with Gasteiger partial charge >= 0.3 is 0 Å². The first kappa shape index (κ1) is 18.2. The Morgan fingerprint density at radius 1 is 1.22 bits per heavy atom. The van der Waals surface area contributed by atoms with E-state index in [1.54, 1.807) is 7.11 Å². The number of rotatable bonds is 2. The summed E-state index contributed by atoms with van der Waals surface area (Å²) < 4.78 is 17.2. The number of nitriles is 1. The van der Waals surface area contributed by atoms with Gasteiger partial charge in [-0.3, -0.25) is 4.79 Å². The van der Waals surface area contributed by atoms with Crippen LogP contribution in [-0.4, -0.2) is 37.7 Å². The van der Waals surface area contributed by atoms with Gasteiger partial charge in [0.15, 0.2) is 5.79 Å². The fraction of sp³-hybridized carbons (Fsp3) is 0.474. The smallest absolute Gasteiger partial charge is 0.266 e. The molecule has 27 heavy (non-hydrogen) atoms. The quantitative estimate of drug-likeness (QED) is 0.758. The van der Waals surface area contributed by atoms with Crippen LogP contribution in [0, 0.1) is 11.3 Å². The zero-order valence-corrected chi connectivity index (χ0v) is 15.9. The van der Waals surface area contributed by atoms with Crippen LogP contribution in [0.25, 0.3) is 0 Å². The van der Waals surface area contributed by atoms with E-state index in [0.717, 1.165) is 5.69 Å². The maximum atomic E-state index is 12.6. The van der Waals surface area contributed by atoms with E-state index in [4.69, 9.17) is 14.2 Å². The molecule has 1 N–H and O–H groups in total. The fourth-order valence-corrected chi connectivity index (χ4v) is 4.64. The van der Waals surface area contributed by atoms with E-state index in [1.807, 2.05) is 35.2 Å². The average molecular weight is 387 g/mol. The summed E-state index contributed by atoms with van der Waals surface area (Å²) in [5, 5.41) is 12.9. The second-order valence-electron chi connectivity index (χ2n) is 6.91. The Kier molecular flexibility index (Phi) is 4.54. The summed E-state index contributed by atoms with van der Waals surface area (Å²) in [4.78, 5) is 14.5. The van der Waals surface area contributed by atoms with Crippen molar-refractivity contribution in [3.8, 4) is 11.8 Å². The lowest BCUT2D eigenvalue weighted by molar-refractivity contribution is -0.186. The highest BCUT2D eigenvalue weighted by Crippen LogP contribution is 2.48. The molecular formula is C19H21N3O4S. The molecule has 4 rings (SSSR count). The minimum absolute atomic E-state index is 0.0106. The van der Waals surface area contributed by atoms with Gasteiger partial charge in [0.1, 0.15) is 23.1 Å². The number of nitrogens with zero attached hydrogens (tertiary/aromatic N) is 2. The van der Waals surface area contributed by atoms with Crippen molar-refractivity contribution in [2.75, 3.05) is 25.2 Å². The molecule has 1 saturated carbocycles. The van der Waals surface area contributed by atoms with Crippen LogP contribution in [0.5, 0.6) is 5.75 Å². The van der Waals surface area contributed by atoms with Crippen molar-refractivity contribution in [3.05, 3.63) is 34.9 Å². The minimum Gasteiger partial charge on any atom is -0.495 e. The Balaban J connectivity index is 1.79. The second-order valence-corrected chi connectivity index (χ2v) is 7.33. The zero-order valence-electron chi connectivity index (χ0n) is 15.0. The van der Waals surface area contributed by atoms with Gasteiger partial charge in [0.25, 0.3) is 5.91 Å². The number of benzene rings is 1. The molecule has 0 aromatic heterocycles. The summed E-state index contributed by atoms with van der Waals surface area (Å²) in [5.41, 5.74) is 0.0226. The molecule has 0 unspecified atom stereocenters. The number of carbonyl (C=O) groups is 1. The Hall–Kier alpha value is -2.21. The molecule has 1 saturated heterocycles. The van der Waals surface area contributed by atoms with Gasteiger partial charge in [-0.2, -0.15) is 5.26 Å². The van der Waals surface area contributed by atoms with Crippen LogP contribution in [0.1, 0.15) is 25.7 Å². The summed E-state index contributed by atoms with van der Waals surface area (Å²) in [6.07, 6.45) is 2.48. The SMILES string of the molecule is COc1ccccc1N1C(S)=C(C#N)C(=O)NC12CCC1(CC2)OCCO1. The molecule has 1 amide bonds. The Bertz CT molecular complexity index is 832. The summed E-state index contributed by atoms with van der Waals surface area (Å²) in [7, 11) is 1.59. The summed E-state index contributed by atoms with van der Waals surface area (Å²) in [5.74, 6) is -0.332. The van der Waals surface area contributed by atoms with Crippen LogP contribution < -0.4 is 15.0 Å². The van der Waals surface area contributed by atoms with Gasteiger partial charge in [-0.25, -0.2) is 0 Å². The van der Waals surface area contributed by atoms with Crippen LogP contribution in [0.2, 0.25) is 0 Å². The Morgan fingerprint density at radius 3 is 2.52 bits per heavy atom. The van der Waals surface area contributed by atoms with Gasteiger partial charge in [-0.15, -0.1) is 12.6 Å². The normalized spacial score (nSPS) is 23.4. The van der Waals surface area contributed by atoms with E-state index in [9.17, 15) is 10.1 Å². The second kappa shape index (κ2) is 6.75. The highest BCUT2D eigenvalue weighted by atomic mass is 32.1. The number of thiol groups is 1. The first-order valence-corrected chi connectivity index (χ1v) is 9.36. The third-order valence-corrected chi connectivity index (χ3v) is 5.95. The highest BCUT2D eigenvalue weighted by Gasteiger charge is 2.53. The molecule has 0 atom stereocenters. The molecule has 0 radical (unpaired) electrons. The lowest BCUT2D eigenvalue weighted by Crippen LogP contribution is -2.66. The maximum absolute atomic E-state index is 12.6. The zero-order chi connectivity index (χ0) is 19.1. The number of carbonyl (C=O) groups excluding carboxylic acids is 1. The molecule has 7 nitrogen and oxygen atoms in total. The molecule has 2 spiro atoms. The minimum atomic E-state index is -0.719. The predicted octanol–water partition coefficient (Wildman–Crippen LogP) is 2.31. The number of hydrogen-bond acceptors (Lipinski definition) is 7. The van der Waals surface area contributed by atoms with Gasteiger partial charge in [0.2, 0.25) is 0 Å². The van der Waals surface area contributed by atoms with E-state index in [-0.39, 0.29) is 5.57 Å². The molecule has 8 heteroatoms. The van der Waals surface area contributed by atoms with Gasteiger partial charge in [0, 0.05) is 12.8 Å². The Labute approximate surface area is 163 Å². The molecule has 2 aliphatic heterocycles. The number of para-hydroxylation sites is 2. The van der Waals surface area contributed by atoms with Crippen molar-refractivity contribution in [2.45, 2.75) is 37.1 Å². The van der Waals surface area contributed by atoms with E-state index in [2.05, 4.69) is 17.9 Å². The van der Waals surface area contributed by atoms with Gasteiger partial charge in [-0.05, 0) is 25.0 Å². The average Bonchev–Trinajstić information content (AvgIpc) is 3.13. The molecule has 1 aromatic carbocycles. The van der Waals surface area contributed by atoms with Crippen molar-refractivity contribution in [1.82, 2.24) is 5.32 Å². The maximum Gasteiger partial charge on any atom is 0.266 e. The molecule has 2 heterocycles. The van der Waals surface area contributed by atoms with E-state index in [1.165, 1.54) is 0 Å². The van der Waals surface area contributed by atoms with Gasteiger partial charge in [-0.1, -0.05) is 12.1 Å². The number of anilines is 1. The molecule has 2 fully saturated rings. The lowest BCUT2D eigenvalue weighted by Gasteiger charge is -2.52. The standard InChI is InChI=1S/C19H21N3O4S/c1-24-15-5-3-2-4-14(15)22-17(27)13(12-20)16(23)21-18(22)6-8-19(9-7-18)25-10-11-26-19/h2-5,27H,6-11H2,1H3,(H,21,23). The Morgan fingerprint density at radius 2 is 1.89 bits per heavy atom. The molecule has 142 valence electrons. The molecule has 0 bridgehead atoms. The first-order chi connectivity index (χ1) is 13.0. The van der Waals surface area contributed by atoms with Crippen molar-refractivity contribution < 1.29 is 19.0 Å². The number of amides is 1. The number of nitrogens with one attached hydrogen (secondary N) is 1. The topological polar surface area (TPSA) is 83.8 Å². The predicted molar refractivity (Wildman–Crippen MR) is 101 cm³/mol. The van der Waals surface area contributed by atoms with Crippen molar-refractivity contribution in [1.29, 1.82) is 5.26 Å². The summed E-state index contributed by atoms with van der Waals surface area (Å²) in [6.45, 7) is 1.18. The first-order valence-electron chi connectivity index (χ1n) is 8.91. The van der Waals surface area contributed by atoms with Crippen molar-refractivity contribution >= 4 is 24.2 Å². The highest BCUT2D eigenvalue weighted by molar-refractivity contribution is 7.84. The van der Waals surface area contributed by atoms with Crippen LogP contribution >= 0.6 is 12.6 Å². The van der Waals surface area contributed by atoms with Gasteiger partial charge in [0.05, 0.1) is 31.0 Å². The van der Waals surface area contributed by atoms with Gasteiger partial charge < -0.3 is 24.4 Å². The van der Waals surface area contributed by atoms with Crippen LogP contribution in [0.4, 0.5) is 5.69 Å². The molecule has 1 aromatic rings. The monoisotopic (exact) mass is 387 g/mol. The molecular weight excluding hydrogens is 366 g/mol. The van der Waals surface area contributed by atoms with Crippen molar-refractivity contribution in [3.63, 3.8) is 0 Å². The molecule has 3 aliphatic rings. The van der Waals surface area contributed by atoms with Crippen LogP contribution in [-0.2, 0) is 14.3 Å². The summed E-state index contributed by atoms with van der Waals surface area (Å²) >= 11 is 4.58. The number of ether oxygens (including phenoxy) is 3. The van der Waals surface area contributed by atoms with E-state index in [0.29, 0.717) is 49.7 Å². The number of methoxy groups -OCH3 is 1. The van der Waals surface area contributed by atoms with Crippen molar-refractivity contribution in [2.24, 2.45) is 0 Å². The van der Waals surface area contributed by atoms with Crippen LogP contribution in [0.3, 0.4) is 0 Å². The third kappa shape index (κ3) is 2.87. The van der Waals surface area contributed by atoms with E-state index >= 15 is 0 Å². The molecule has 1 aliphatic carbocycles.